The van der Waals surface area contributed by atoms with Crippen LogP contribution in [0, 0.1) is 0 Å². The van der Waals surface area contributed by atoms with E-state index < -0.39 is 0 Å². The van der Waals surface area contributed by atoms with E-state index in [9.17, 15) is 4.79 Å². The lowest BCUT2D eigenvalue weighted by Crippen LogP contribution is -2.31. The number of allylic oxidation sites excluding steroid dienone is 2. The summed E-state index contributed by atoms with van der Waals surface area (Å²) < 4.78 is 12.6. The first-order valence-corrected chi connectivity index (χ1v) is 9.64. The summed E-state index contributed by atoms with van der Waals surface area (Å²) in [6, 6.07) is 5.40. The Balaban J connectivity index is 1.90. The smallest absolute Gasteiger partial charge is 0.227 e. The number of aromatic nitrogens is 3. The second-order valence-electron chi connectivity index (χ2n) is 6.18. The van der Waals surface area contributed by atoms with E-state index in [1.165, 1.54) is 11.8 Å². The third kappa shape index (κ3) is 2.65. The number of benzene rings is 1. The fourth-order valence-electron chi connectivity index (χ4n) is 3.55. The average Bonchev–Trinajstić information content (AvgIpc) is 3.08. The van der Waals surface area contributed by atoms with Gasteiger partial charge in [-0.3, -0.25) is 4.79 Å². The van der Waals surface area contributed by atoms with Crippen molar-refractivity contribution >= 4 is 23.5 Å². The number of anilines is 1. The van der Waals surface area contributed by atoms with Crippen LogP contribution in [0.25, 0.3) is 0 Å². The quantitative estimate of drug-likeness (QED) is 0.827. The van der Waals surface area contributed by atoms with Gasteiger partial charge >= 0.3 is 0 Å². The molecule has 0 saturated carbocycles. The van der Waals surface area contributed by atoms with Gasteiger partial charge in [-0.15, -0.1) is 5.10 Å². The number of Topliss-reactive ketones (excluding diaryl/α,β-unsaturated/α-hetero) is 1. The first kappa shape index (κ1) is 17.0. The minimum atomic E-state index is -0.317. The molecular weight excluding hydrogens is 352 g/mol. The fraction of sp³-hybridized carbons (Fsp3) is 0.389. The van der Waals surface area contributed by atoms with Gasteiger partial charge < -0.3 is 14.8 Å². The average molecular weight is 372 g/mol. The molecule has 1 aliphatic heterocycles. The zero-order chi connectivity index (χ0) is 18.3. The van der Waals surface area contributed by atoms with Crippen LogP contribution in [-0.4, -0.2) is 41.0 Å². The Bertz CT molecular complexity index is 906. The molecule has 7 nitrogen and oxygen atoms in total. The molecule has 4 rings (SSSR count). The summed E-state index contributed by atoms with van der Waals surface area (Å²) in [6.45, 7) is 0. The van der Waals surface area contributed by atoms with Crippen molar-refractivity contribution in [3.63, 3.8) is 0 Å². The molecule has 1 aromatic heterocycles. The van der Waals surface area contributed by atoms with E-state index in [2.05, 4.69) is 15.4 Å². The van der Waals surface area contributed by atoms with Crippen LogP contribution in [0.1, 0.15) is 30.9 Å². The molecule has 8 heteroatoms. The van der Waals surface area contributed by atoms with E-state index >= 15 is 0 Å². The first-order valence-electron chi connectivity index (χ1n) is 8.42. The first-order chi connectivity index (χ1) is 12.7. The highest BCUT2D eigenvalue weighted by atomic mass is 32.2. The van der Waals surface area contributed by atoms with Crippen molar-refractivity contribution in [2.45, 2.75) is 30.5 Å². The highest BCUT2D eigenvalue weighted by Gasteiger charge is 2.37. The third-order valence-corrected chi connectivity index (χ3v) is 5.29. The summed E-state index contributed by atoms with van der Waals surface area (Å²) in [5, 5.41) is 8.58. The lowest BCUT2D eigenvalue weighted by atomic mass is 9.85. The van der Waals surface area contributed by atoms with Gasteiger partial charge in [-0.05, 0) is 36.8 Å². The van der Waals surface area contributed by atoms with Crippen molar-refractivity contribution in [3.05, 3.63) is 35.0 Å². The standard InChI is InChI=1S/C18H20N4O3S/c1-24-13-8-7-10(9-14(13)25-2)16-15-11(5-4-6-12(15)23)19-17-20-18(26-3)21-22(16)17/h7-9,16H,4-6H2,1-3H3,(H,19,20,21). The molecule has 26 heavy (non-hydrogen) atoms. The van der Waals surface area contributed by atoms with Gasteiger partial charge in [0.1, 0.15) is 6.04 Å². The van der Waals surface area contributed by atoms with Gasteiger partial charge in [0.25, 0.3) is 0 Å². The number of nitrogens with one attached hydrogen (secondary N) is 1. The molecule has 0 amide bonds. The van der Waals surface area contributed by atoms with Gasteiger partial charge in [-0.25, -0.2) is 4.68 Å². The second-order valence-corrected chi connectivity index (χ2v) is 6.95. The van der Waals surface area contributed by atoms with Crippen molar-refractivity contribution < 1.29 is 14.3 Å². The van der Waals surface area contributed by atoms with Crippen LogP contribution in [0.15, 0.2) is 34.6 Å². The molecule has 1 atom stereocenters. The maximum absolute atomic E-state index is 12.8. The number of methoxy groups -OCH3 is 2. The largest absolute Gasteiger partial charge is 0.493 e. The summed E-state index contributed by atoms with van der Waals surface area (Å²) in [5.74, 6) is 2.10. The lowest BCUT2D eigenvalue weighted by molar-refractivity contribution is -0.116. The Kier molecular flexibility index (Phi) is 4.36. The number of rotatable bonds is 4. The van der Waals surface area contributed by atoms with E-state index in [0.29, 0.717) is 29.0 Å². The minimum Gasteiger partial charge on any atom is -0.493 e. The molecular formula is C18H20N4O3S. The van der Waals surface area contributed by atoms with Crippen molar-refractivity contribution in [3.8, 4) is 11.5 Å². The maximum atomic E-state index is 12.8. The molecule has 1 N–H and O–H groups in total. The number of hydrogen-bond acceptors (Lipinski definition) is 7. The number of hydrogen-bond donors (Lipinski definition) is 1. The van der Waals surface area contributed by atoms with Crippen LogP contribution in [0.2, 0.25) is 0 Å². The molecule has 0 radical (unpaired) electrons. The zero-order valence-electron chi connectivity index (χ0n) is 14.9. The normalized spacial score (nSPS) is 18.9. The van der Waals surface area contributed by atoms with Gasteiger partial charge in [0.15, 0.2) is 17.3 Å². The molecule has 0 saturated heterocycles. The lowest BCUT2D eigenvalue weighted by Gasteiger charge is -2.32. The molecule has 0 bridgehead atoms. The summed E-state index contributed by atoms with van der Waals surface area (Å²) in [4.78, 5) is 17.3. The predicted octanol–water partition coefficient (Wildman–Crippen LogP) is 3.04. The zero-order valence-corrected chi connectivity index (χ0v) is 15.7. The molecule has 2 aliphatic rings. The van der Waals surface area contributed by atoms with Crippen LogP contribution in [-0.2, 0) is 4.79 Å². The van der Waals surface area contributed by atoms with Crippen molar-refractivity contribution in [2.24, 2.45) is 0 Å². The number of thioether (sulfide) groups is 1. The number of ketones is 1. The highest BCUT2D eigenvalue weighted by molar-refractivity contribution is 7.98. The highest BCUT2D eigenvalue weighted by Crippen LogP contribution is 2.42. The van der Waals surface area contributed by atoms with Crippen molar-refractivity contribution in [1.82, 2.24) is 14.8 Å². The summed E-state index contributed by atoms with van der Waals surface area (Å²) in [5.41, 5.74) is 2.65. The summed E-state index contributed by atoms with van der Waals surface area (Å²) >= 11 is 1.48. The molecule has 136 valence electrons. The van der Waals surface area contributed by atoms with Crippen LogP contribution in [0.5, 0.6) is 11.5 Å². The summed E-state index contributed by atoms with van der Waals surface area (Å²) in [7, 11) is 3.21. The number of carbonyl (C=O) groups excluding carboxylic acids is 1. The van der Waals surface area contributed by atoms with E-state index in [0.717, 1.165) is 29.7 Å². The monoisotopic (exact) mass is 372 g/mol. The van der Waals surface area contributed by atoms with Crippen molar-refractivity contribution in [2.75, 3.05) is 25.8 Å². The van der Waals surface area contributed by atoms with E-state index in [1.54, 1.807) is 18.9 Å². The summed E-state index contributed by atoms with van der Waals surface area (Å²) in [6.07, 6.45) is 4.19. The predicted molar refractivity (Wildman–Crippen MR) is 99.0 cm³/mol. The van der Waals surface area contributed by atoms with Crippen LogP contribution in [0.3, 0.4) is 0 Å². The Morgan fingerprint density at radius 2 is 2.04 bits per heavy atom. The molecule has 1 aromatic carbocycles. The molecule has 2 heterocycles. The molecule has 1 aliphatic carbocycles. The van der Waals surface area contributed by atoms with Crippen LogP contribution in [0.4, 0.5) is 5.95 Å². The Morgan fingerprint density at radius 1 is 1.23 bits per heavy atom. The molecule has 1 unspecified atom stereocenters. The third-order valence-electron chi connectivity index (χ3n) is 4.75. The second kappa shape index (κ2) is 6.68. The Hall–Kier alpha value is -2.48. The van der Waals surface area contributed by atoms with Gasteiger partial charge in [0.2, 0.25) is 11.1 Å². The SMILES string of the molecule is COc1ccc(C2C3=C(CCCC3=O)Nc3nc(SC)nn32)cc1OC. The minimum absolute atomic E-state index is 0.158. The van der Waals surface area contributed by atoms with E-state index in [1.807, 2.05) is 24.5 Å². The number of nitrogens with zero attached hydrogens (tertiary/aromatic N) is 3. The Labute approximate surface area is 155 Å². The van der Waals surface area contributed by atoms with E-state index in [4.69, 9.17) is 9.47 Å². The van der Waals surface area contributed by atoms with E-state index in [-0.39, 0.29) is 11.8 Å². The fourth-order valence-corrected chi connectivity index (χ4v) is 3.90. The topological polar surface area (TPSA) is 78.3 Å². The maximum Gasteiger partial charge on any atom is 0.227 e. The number of carbonyl (C=O) groups is 1. The molecule has 2 aromatic rings. The van der Waals surface area contributed by atoms with Crippen LogP contribution >= 0.6 is 11.8 Å². The van der Waals surface area contributed by atoms with Gasteiger partial charge in [-0.1, -0.05) is 17.8 Å². The molecule has 0 fully saturated rings. The number of ether oxygens (including phenoxy) is 2. The van der Waals surface area contributed by atoms with Crippen LogP contribution < -0.4 is 14.8 Å². The van der Waals surface area contributed by atoms with Crippen molar-refractivity contribution in [1.29, 1.82) is 0 Å². The van der Waals surface area contributed by atoms with Gasteiger partial charge in [-0.2, -0.15) is 4.98 Å². The van der Waals surface area contributed by atoms with Gasteiger partial charge in [0.05, 0.1) is 14.2 Å². The Morgan fingerprint density at radius 3 is 2.77 bits per heavy atom. The molecule has 0 spiro atoms. The number of fused-ring (bicyclic) bond motifs is 1. The van der Waals surface area contributed by atoms with Gasteiger partial charge in [0, 0.05) is 17.7 Å².